The molecule has 3 N–H and O–H groups in total. The van der Waals surface area contributed by atoms with Crippen LogP contribution in [-0.4, -0.2) is 40.7 Å². The molecule has 1 aromatic heterocycles. The van der Waals surface area contributed by atoms with E-state index >= 15 is 0 Å². The summed E-state index contributed by atoms with van der Waals surface area (Å²) in [5, 5.41) is 16.0. The number of ether oxygens (including phenoxy) is 1. The number of unbranched alkanes of at least 4 members (excludes halogenated alkanes) is 1. The first-order chi connectivity index (χ1) is 16.5. The molecule has 9 heteroatoms. The van der Waals surface area contributed by atoms with Crippen LogP contribution in [0.1, 0.15) is 53.7 Å². The fourth-order valence-corrected chi connectivity index (χ4v) is 4.73. The van der Waals surface area contributed by atoms with Crippen molar-refractivity contribution in [3.63, 3.8) is 0 Å². The second kappa shape index (κ2) is 10.5. The van der Waals surface area contributed by atoms with E-state index in [-0.39, 0.29) is 23.4 Å². The van der Waals surface area contributed by atoms with Crippen molar-refractivity contribution in [3.8, 4) is 11.1 Å². The minimum absolute atomic E-state index is 0.0432. The molecule has 1 heterocycles. The van der Waals surface area contributed by atoms with Crippen LogP contribution in [0, 0.1) is 0 Å². The fraction of sp³-hybridized carbons (Fsp3) is 0.280. The van der Waals surface area contributed by atoms with E-state index in [4.69, 9.17) is 4.74 Å². The quantitative estimate of drug-likeness (QED) is 0.403. The molecular weight excluding hydrogens is 454 g/mol. The van der Waals surface area contributed by atoms with Gasteiger partial charge in [-0.3, -0.25) is 10.1 Å². The van der Waals surface area contributed by atoms with Crippen LogP contribution >= 0.6 is 11.3 Å². The van der Waals surface area contributed by atoms with Crippen molar-refractivity contribution in [1.29, 1.82) is 0 Å². The molecule has 0 unspecified atom stereocenters. The summed E-state index contributed by atoms with van der Waals surface area (Å²) in [4.78, 5) is 40.2. The second-order valence-corrected chi connectivity index (χ2v) is 8.85. The number of carboxylic acids is 1. The lowest BCUT2D eigenvalue weighted by Crippen LogP contribution is -2.40. The number of aromatic nitrogens is 1. The van der Waals surface area contributed by atoms with Crippen LogP contribution in [0.25, 0.3) is 11.1 Å². The number of carbonyl (C=O) groups is 3. The molecule has 176 valence electrons. The summed E-state index contributed by atoms with van der Waals surface area (Å²) >= 11 is 1.06. The van der Waals surface area contributed by atoms with E-state index in [2.05, 4.69) is 27.8 Å². The van der Waals surface area contributed by atoms with Gasteiger partial charge in [-0.15, -0.1) is 11.3 Å². The Balaban J connectivity index is 1.35. The van der Waals surface area contributed by atoms with Gasteiger partial charge in [0.1, 0.15) is 18.3 Å². The highest BCUT2D eigenvalue weighted by Crippen LogP contribution is 2.44. The Morgan fingerprint density at radius 1 is 1.09 bits per heavy atom. The summed E-state index contributed by atoms with van der Waals surface area (Å²) in [6, 6.07) is 15.1. The van der Waals surface area contributed by atoms with Crippen molar-refractivity contribution in [2.75, 3.05) is 11.9 Å². The molecule has 1 aliphatic rings. The molecule has 0 spiro atoms. The Hall–Kier alpha value is -3.72. The molecule has 0 bridgehead atoms. The van der Waals surface area contributed by atoms with Crippen molar-refractivity contribution < 1.29 is 24.2 Å². The second-order valence-electron chi connectivity index (χ2n) is 7.99. The number of rotatable bonds is 9. The highest BCUT2D eigenvalue weighted by atomic mass is 32.1. The molecule has 2 aromatic carbocycles. The van der Waals surface area contributed by atoms with Crippen molar-refractivity contribution in [2.45, 2.75) is 38.1 Å². The van der Waals surface area contributed by atoms with Crippen molar-refractivity contribution in [3.05, 3.63) is 70.7 Å². The maximum atomic E-state index is 12.4. The molecule has 1 atom stereocenters. The number of nitrogens with one attached hydrogen (secondary N) is 2. The predicted octanol–water partition coefficient (Wildman–Crippen LogP) is 4.88. The third-order valence-electron chi connectivity index (χ3n) is 5.74. The molecule has 1 aliphatic carbocycles. The summed E-state index contributed by atoms with van der Waals surface area (Å²) in [6.45, 7) is 2.11. The number of hydrogen-bond acceptors (Lipinski definition) is 6. The van der Waals surface area contributed by atoms with Crippen LogP contribution in [0.5, 0.6) is 0 Å². The lowest BCUT2D eigenvalue weighted by atomic mass is 9.98. The van der Waals surface area contributed by atoms with Gasteiger partial charge in [-0.2, -0.15) is 0 Å². The lowest BCUT2D eigenvalue weighted by Gasteiger charge is -2.14. The third kappa shape index (κ3) is 5.09. The van der Waals surface area contributed by atoms with Gasteiger partial charge < -0.3 is 15.2 Å². The number of aliphatic carboxylic acids is 1. The van der Waals surface area contributed by atoms with E-state index in [1.54, 1.807) is 0 Å². The van der Waals surface area contributed by atoms with E-state index in [0.717, 1.165) is 40.0 Å². The van der Waals surface area contributed by atoms with E-state index in [1.807, 2.05) is 43.3 Å². The van der Waals surface area contributed by atoms with Crippen molar-refractivity contribution >= 4 is 34.4 Å². The average Bonchev–Trinajstić information content (AvgIpc) is 3.43. The van der Waals surface area contributed by atoms with Gasteiger partial charge in [-0.25, -0.2) is 14.6 Å². The van der Waals surface area contributed by atoms with Crippen LogP contribution in [0.3, 0.4) is 0 Å². The normalized spacial score (nSPS) is 13.0. The molecule has 0 fully saturated rings. The van der Waals surface area contributed by atoms with Crippen LogP contribution in [0.15, 0.2) is 53.9 Å². The first-order valence-electron chi connectivity index (χ1n) is 11.1. The SMILES string of the molecule is CCCC[C@H](NC(=O)c1csc(NC(=O)OCC2c3ccccc3-c3ccccc32)n1)C(=O)O. The molecule has 0 saturated heterocycles. The summed E-state index contributed by atoms with van der Waals surface area (Å²) in [6.07, 6.45) is 1.18. The molecule has 8 nitrogen and oxygen atoms in total. The number of nitrogens with zero attached hydrogens (tertiary/aromatic N) is 1. The van der Waals surface area contributed by atoms with Gasteiger partial charge in [0, 0.05) is 11.3 Å². The molecule has 0 saturated carbocycles. The van der Waals surface area contributed by atoms with E-state index in [0.29, 0.717) is 12.8 Å². The number of carboxylic acid groups (broad SMARTS) is 1. The van der Waals surface area contributed by atoms with Crippen molar-refractivity contribution in [2.24, 2.45) is 0 Å². The minimum Gasteiger partial charge on any atom is -0.480 e. The summed E-state index contributed by atoms with van der Waals surface area (Å²) in [5.74, 6) is -1.75. The Morgan fingerprint density at radius 3 is 2.35 bits per heavy atom. The number of amides is 2. The third-order valence-corrected chi connectivity index (χ3v) is 6.50. The van der Waals surface area contributed by atoms with Gasteiger partial charge in [0.25, 0.3) is 5.91 Å². The molecule has 0 radical (unpaired) electrons. The molecule has 34 heavy (non-hydrogen) atoms. The van der Waals surface area contributed by atoms with E-state index in [9.17, 15) is 19.5 Å². The largest absolute Gasteiger partial charge is 0.480 e. The minimum atomic E-state index is -1.09. The van der Waals surface area contributed by atoms with E-state index in [1.165, 1.54) is 5.38 Å². The standard InChI is InChI=1S/C25H25N3O5S/c1-2-3-12-20(23(30)31)26-22(29)21-14-34-24(27-21)28-25(32)33-13-19-17-10-6-4-8-15(17)16-9-5-7-11-18(16)19/h4-11,14,19-20H,2-3,12-13H2,1H3,(H,26,29)(H,30,31)(H,27,28,32)/t20-/m0/s1. The van der Waals surface area contributed by atoms with Gasteiger partial charge in [0.2, 0.25) is 0 Å². The first kappa shape index (κ1) is 23.4. The Bertz CT molecular complexity index is 1160. The summed E-state index contributed by atoms with van der Waals surface area (Å²) in [7, 11) is 0. The summed E-state index contributed by atoms with van der Waals surface area (Å²) in [5.41, 5.74) is 4.55. The highest BCUT2D eigenvalue weighted by Gasteiger charge is 2.29. The zero-order valence-corrected chi connectivity index (χ0v) is 19.4. The van der Waals surface area contributed by atoms with Gasteiger partial charge in [-0.05, 0) is 28.7 Å². The molecule has 3 aromatic rings. The maximum absolute atomic E-state index is 12.4. The molecule has 4 rings (SSSR count). The maximum Gasteiger partial charge on any atom is 0.413 e. The van der Waals surface area contributed by atoms with Crippen LogP contribution in [0.4, 0.5) is 9.93 Å². The number of hydrogen-bond donors (Lipinski definition) is 3. The fourth-order valence-electron chi connectivity index (χ4n) is 4.06. The van der Waals surface area contributed by atoms with E-state index < -0.39 is 24.0 Å². The topological polar surface area (TPSA) is 118 Å². The molecular formula is C25H25N3O5S. The van der Waals surface area contributed by atoms with Crippen LogP contribution < -0.4 is 10.6 Å². The molecule has 2 amide bonds. The zero-order chi connectivity index (χ0) is 24.1. The van der Waals surface area contributed by atoms with Gasteiger partial charge >= 0.3 is 12.1 Å². The van der Waals surface area contributed by atoms with Crippen LogP contribution in [0.2, 0.25) is 0 Å². The smallest absolute Gasteiger partial charge is 0.413 e. The van der Waals surface area contributed by atoms with Crippen LogP contribution in [-0.2, 0) is 9.53 Å². The number of carbonyl (C=O) groups excluding carboxylic acids is 2. The lowest BCUT2D eigenvalue weighted by molar-refractivity contribution is -0.139. The number of fused-ring (bicyclic) bond motifs is 3. The number of anilines is 1. The Kier molecular flexibility index (Phi) is 7.22. The van der Waals surface area contributed by atoms with Gasteiger partial charge in [-0.1, -0.05) is 68.3 Å². The summed E-state index contributed by atoms with van der Waals surface area (Å²) < 4.78 is 5.49. The number of benzene rings is 2. The number of thiazole rings is 1. The van der Waals surface area contributed by atoms with Crippen molar-refractivity contribution in [1.82, 2.24) is 10.3 Å². The van der Waals surface area contributed by atoms with Gasteiger partial charge in [0.05, 0.1) is 0 Å². The average molecular weight is 480 g/mol. The highest BCUT2D eigenvalue weighted by molar-refractivity contribution is 7.14. The Labute approximate surface area is 201 Å². The first-order valence-corrected chi connectivity index (χ1v) is 12.0. The monoisotopic (exact) mass is 479 g/mol. The van der Waals surface area contributed by atoms with Gasteiger partial charge in [0.15, 0.2) is 5.13 Å². The zero-order valence-electron chi connectivity index (χ0n) is 18.6. The predicted molar refractivity (Wildman–Crippen MR) is 129 cm³/mol. The Morgan fingerprint density at radius 2 is 1.74 bits per heavy atom. The molecule has 0 aliphatic heterocycles.